The molecule has 6 N–H and O–H groups in total. The summed E-state index contributed by atoms with van der Waals surface area (Å²) in [7, 11) is 0. The number of anilines is 2. The van der Waals surface area contributed by atoms with Crippen molar-refractivity contribution in [2.24, 2.45) is 11.5 Å². The van der Waals surface area contributed by atoms with Crippen molar-refractivity contribution in [1.82, 2.24) is 9.97 Å². The third-order valence-electron chi connectivity index (χ3n) is 4.56. The lowest BCUT2D eigenvalue weighted by Crippen LogP contribution is -1.93. The van der Waals surface area contributed by atoms with Gasteiger partial charge in [-0.2, -0.15) is 0 Å². The van der Waals surface area contributed by atoms with Crippen molar-refractivity contribution in [3.8, 4) is 34.4 Å². The maximum Gasteiger partial charge on any atom is 0.131 e. The van der Waals surface area contributed by atoms with Gasteiger partial charge in [0.15, 0.2) is 0 Å². The van der Waals surface area contributed by atoms with Gasteiger partial charge in [0.2, 0.25) is 0 Å². The molecule has 170 valence electrons. The lowest BCUT2D eigenvalue weighted by atomic mass is 10.2. The average Bonchev–Trinajstić information content (AvgIpc) is 2.87. The van der Waals surface area contributed by atoms with Crippen LogP contribution in [0, 0.1) is 0 Å². The van der Waals surface area contributed by atoms with Gasteiger partial charge in [-0.05, 0) is 36.4 Å². The fourth-order valence-corrected chi connectivity index (χ4v) is 3.09. The Morgan fingerprint density at radius 2 is 1.03 bits per heavy atom. The summed E-state index contributed by atoms with van der Waals surface area (Å²) in [5.74, 6) is 2.62. The summed E-state index contributed by atoms with van der Waals surface area (Å²) in [5, 5.41) is 6.13. The van der Waals surface area contributed by atoms with Gasteiger partial charge < -0.3 is 31.6 Å². The second-order valence-corrected chi connectivity index (χ2v) is 7.02. The molecule has 0 saturated carbocycles. The van der Waals surface area contributed by atoms with Crippen LogP contribution in [0.4, 0.5) is 11.4 Å². The molecular weight excluding hydrogens is 428 g/mol. The summed E-state index contributed by atoms with van der Waals surface area (Å²) in [6, 6.07) is 22.3. The lowest BCUT2D eigenvalue weighted by Gasteiger charge is -2.10. The number of pyridine rings is 2. The molecule has 8 heteroatoms. The Bertz CT molecular complexity index is 1200. The van der Waals surface area contributed by atoms with E-state index < -0.39 is 0 Å². The van der Waals surface area contributed by atoms with Crippen LogP contribution in [0.3, 0.4) is 0 Å². The van der Waals surface area contributed by atoms with E-state index in [-0.39, 0.29) is 0 Å². The van der Waals surface area contributed by atoms with E-state index in [0.717, 1.165) is 11.4 Å². The second kappa shape index (κ2) is 11.1. The minimum Gasteiger partial charge on any atom is -0.457 e. The third-order valence-corrected chi connectivity index (χ3v) is 4.56. The number of nitrogens with zero attached hydrogens (tertiary/aromatic N) is 2. The smallest absolute Gasteiger partial charge is 0.131 e. The van der Waals surface area contributed by atoms with E-state index in [1.807, 2.05) is 60.7 Å². The molecule has 2 aromatic heterocycles. The van der Waals surface area contributed by atoms with Gasteiger partial charge >= 0.3 is 0 Å². The normalized spacial score (nSPS) is 10.9. The van der Waals surface area contributed by atoms with Crippen molar-refractivity contribution < 1.29 is 9.47 Å². The summed E-state index contributed by atoms with van der Waals surface area (Å²) >= 11 is 0. The fourth-order valence-electron chi connectivity index (χ4n) is 3.09. The van der Waals surface area contributed by atoms with Gasteiger partial charge in [0.25, 0.3) is 0 Å². The van der Waals surface area contributed by atoms with Gasteiger partial charge in [0.05, 0.1) is 11.4 Å². The highest BCUT2D eigenvalue weighted by atomic mass is 16.5. The van der Waals surface area contributed by atoms with Crippen molar-refractivity contribution in [2.45, 2.75) is 0 Å². The monoisotopic (exact) mass is 452 g/mol. The molecule has 34 heavy (non-hydrogen) atoms. The average molecular weight is 453 g/mol. The molecule has 2 heterocycles. The molecule has 0 aliphatic rings. The minimum atomic E-state index is 0.636. The van der Waals surface area contributed by atoms with Crippen LogP contribution in [0.25, 0.3) is 11.4 Å². The maximum absolute atomic E-state index is 6.02. The van der Waals surface area contributed by atoms with Gasteiger partial charge in [-0.3, -0.25) is 9.97 Å². The molecule has 4 rings (SSSR count). The van der Waals surface area contributed by atoms with Gasteiger partial charge in [-0.25, -0.2) is 0 Å². The highest BCUT2D eigenvalue weighted by Crippen LogP contribution is 2.29. The SMILES string of the molecule is N/C=C\Nc1cccc(Oc2ccnc(-c3cc(Oc4cccc(N/C=C\N)c4)ccn3)c2)c1. The Kier molecular flexibility index (Phi) is 7.22. The summed E-state index contributed by atoms with van der Waals surface area (Å²) in [4.78, 5) is 8.88. The Morgan fingerprint density at radius 3 is 1.47 bits per heavy atom. The zero-order valence-corrected chi connectivity index (χ0v) is 18.3. The van der Waals surface area contributed by atoms with Crippen molar-refractivity contribution in [3.63, 3.8) is 0 Å². The third kappa shape index (κ3) is 6.04. The van der Waals surface area contributed by atoms with Crippen LogP contribution in [0.15, 0.2) is 110 Å². The molecule has 0 aliphatic heterocycles. The van der Waals surface area contributed by atoms with E-state index in [4.69, 9.17) is 20.9 Å². The minimum absolute atomic E-state index is 0.636. The van der Waals surface area contributed by atoms with Crippen LogP contribution in [0.2, 0.25) is 0 Å². The molecule has 0 aliphatic carbocycles. The molecule has 0 spiro atoms. The summed E-state index contributed by atoms with van der Waals surface area (Å²) in [6.07, 6.45) is 9.52. The van der Waals surface area contributed by atoms with Gasteiger partial charge in [-0.1, -0.05) is 12.1 Å². The van der Waals surface area contributed by atoms with E-state index in [1.165, 1.54) is 12.4 Å². The Labute approximate surface area is 197 Å². The number of hydrogen-bond acceptors (Lipinski definition) is 8. The van der Waals surface area contributed by atoms with Crippen molar-refractivity contribution in [2.75, 3.05) is 10.6 Å². The first kappa shape index (κ1) is 22.2. The first-order valence-corrected chi connectivity index (χ1v) is 10.5. The predicted octanol–water partition coefficient (Wildman–Crippen LogP) is 5.41. The molecule has 0 fully saturated rings. The number of hydrogen-bond donors (Lipinski definition) is 4. The zero-order valence-electron chi connectivity index (χ0n) is 18.3. The predicted molar refractivity (Wildman–Crippen MR) is 134 cm³/mol. The second-order valence-electron chi connectivity index (χ2n) is 7.02. The number of benzene rings is 2. The molecule has 0 unspecified atom stereocenters. The fraction of sp³-hybridized carbons (Fsp3) is 0. The Balaban J connectivity index is 1.50. The van der Waals surface area contributed by atoms with Crippen LogP contribution in [-0.2, 0) is 0 Å². The molecule has 2 aromatic carbocycles. The highest BCUT2D eigenvalue weighted by Gasteiger charge is 2.07. The number of ether oxygens (including phenoxy) is 2. The van der Waals surface area contributed by atoms with Gasteiger partial charge in [0.1, 0.15) is 23.0 Å². The summed E-state index contributed by atoms with van der Waals surface area (Å²) in [6.45, 7) is 0. The van der Waals surface area contributed by atoms with Crippen LogP contribution in [0.5, 0.6) is 23.0 Å². The number of nitrogens with two attached hydrogens (primary N) is 2. The Hall–Kier alpha value is -4.98. The van der Waals surface area contributed by atoms with E-state index in [9.17, 15) is 0 Å². The quantitative estimate of drug-likeness (QED) is 0.266. The number of rotatable bonds is 9. The molecule has 0 atom stereocenters. The van der Waals surface area contributed by atoms with Gasteiger partial charge in [0, 0.05) is 72.8 Å². The largest absolute Gasteiger partial charge is 0.457 e. The molecular formula is C26H24N6O2. The summed E-state index contributed by atoms with van der Waals surface area (Å²) < 4.78 is 12.0. The van der Waals surface area contributed by atoms with Crippen LogP contribution < -0.4 is 31.6 Å². The van der Waals surface area contributed by atoms with Crippen molar-refractivity contribution >= 4 is 11.4 Å². The first-order valence-electron chi connectivity index (χ1n) is 10.5. The van der Waals surface area contributed by atoms with Crippen molar-refractivity contribution in [3.05, 3.63) is 110 Å². The van der Waals surface area contributed by atoms with E-state index >= 15 is 0 Å². The zero-order chi connectivity index (χ0) is 23.6. The summed E-state index contributed by atoms with van der Waals surface area (Å²) in [5.41, 5.74) is 13.8. The Morgan fingerprint density at radius 1 is 0.588 bits per heavy atom. The standard InChI is InChI=1S/C26H24N6O2/c27-9-13-29-19-3-1-5-21(15-19)33-23-7-11-31-25(17-23)26-18-24(8-12-32-26)34-22-6-2-4-20(16-22)30-14-10-28/h1-18,29-30H,27-28H2/b13-9-,14-10-. The van der Waals surface area contributed by atoms with E-state index in [0.29, 0.717) is 34.4 Å². The maximum atomic E-state index is 6.02. The molecule has 4 aromatic rings. The molecule has 8 nitrogen and oxygen atoms in total. The molecule has 0 saturated heterocycles. The number of nitrogens with one attached hydrogen (secondary N) is 2. The van der Waals surface area contributed by atoms with Crippen LogP contribution in [0.1, 0.15) is 0 Å². The lowest BCUT2D eigenvalue weighted by molar-refractivity contribution is 0.481. The topological polar surface area (TPSA) is 120 Å². The van der Waals surface area contributed by atoms with Crippen LogP contribution >= 0.6 is 0 Å². The van der Waals surface area contributed by atoms with Gasteiger partial charge in [-0.15, -0.1) is 0 Å². The van der Waals surface area contributed by atoms with Crippen LogP contribution in [-0.4, -0.2) is 9.97 Å². The molecule has 0 amide bonds. The first-order chi connectivity index (χ1) is 16.7. The van der Waals surface area contributed by atoms with E-state index in [2.05, 4.69) is 20.6 Å². The number of aromatic nitrogens is 2. The van der Waals surface area contributed by atoms with E-state index in [1.54, 1.807) is 36.9 Å². The van der Waals surface area contributed by atoms with Crippen molar-refractivity contribution in [1.29, 1.82) is 0 Å². The highest BCUT2D eigenvalue weighted by molar-refractivity contribution is 5.59. The molecule has 0 radical (unpaired) electrons. The molecule has 0 bridgehead atoms.